The molecule has 1 aromatic carbocycles. The van der Waals surface area contributed by atoms with E-state index in [-0.39, 0.29) is 0 Å². The number of pyridine rings is 2. The number of hydrazone groups is 1. The molecule has 0 aliphatic heterocycles. The van der Waals surface area contributed by atoms with E-state index in [4.69, 9.17) is 10.5 Å². The largest absolute Gasteiger partial charge is 0.286 e. The minimum absolute atomic E-state index is 0.389. The molecular weight excluding hydrogens is 370 g/mol. The van der Waals surface area contributed by atoms with Crippen LogP contribution >= 0.6 is 0 Å². The summed E-state index contributed by atoms with van der Waals surface area (Å²) >= 11 is 0. The van der Waals surface area contributed by atoms with Gasteiger partial charge in [0.05, 0.1) is 11.2 Å². The van der Waals surface area contributed by atoms with Gasteiger partial charge in [-0.15, -0.1) is 0 Å². The van der Waals surface area contributed by atoms with Crippen LogP contribution in [0.1, 0.15) is 38.3 Å². The SMILES string of the molecule is C=C/C(=N\N(C(=N)Cc1cccc2ncccc12)/C(C)=C(\C)CC)c1cccnc1. The molecule has 0 fully saturated rings. The third-order valence-corrected chi connectivity index (χ3v) is 5.17. The monoisotopic (exact) mass is 397 g/mol. The van der Waals surface area contributed by atoms with Crippen LogP contribution in [0.5, 0.6) is 0 Å². The van der Waals surface area contributed by atoms with E-state index in [9.17, 15) is 0 Å². The lowest BCUT2D eigenvalue weighted by atomic mass is 10.0. The highest BCUT2D eigenvalue weighted by atomic mass is 15.5. The Kier molecular flexibility index (Phi) is 6.86. The first-order valence-corrected chi connectivity index (χ1v) is 10.0. The summed E-state index contributed by atoms with van der Waals surface area (Å²) in [4.78, 5) is 8.61. The summed E-state index contributed by atoms with van der Waals surface area (Å²) in [6, 6.07) is 13.8. The molecule has 0 saturated heterocycles. The normalized spacial score (nSPS) is 12.4. The van der Waals surface area contributed by atoms with Crippen LogP contribution in [0.4, 0.5) is 0 Å². The fourth-order valence-corrected chi connectivity index (χ4v) is 3.19. The predicted molar refractivity (Wildman–Crippen MR) is 125 cm³/mol. The van der Waals surface area contributed by atoms with E-state index in [0.717, 1.165) is 34.1 Å². The van der Waals surface area contributed by atoms with Crippen LogP contribution in [0.25, 0.3) is 10.9 Å². The molecule has 0 unspecified atom stereocenters. The van der Waals surface area contributed by atoms with Crippen molar-refractivity contribution in [1.29, 1.82) is 5.41 Å². The van der Waals surface area contributed by atoms with Gasteiger partial charge in [0.1, 0.15) is 5.84 Å². The molecular formula is C25H27N5. The molecule has 0 atom stereocenters. The molecule has 0 bridgehead atoms. The first-order valence-electron chi connectivity index (χ1n) is 10.0. The summed E-state index contributed by atoms with van der Waals surface area (Å²) in [7, 11) is 0. The van der Waals surface area contributed by atoms with E-state index in [0.29, 0.717) is 18.0 Å². The first kappa shape index (κ1) is 21.1. The molecule has 0 radical (unpaired) electrons. The predicted octanol–water partition coefficient (Wildman–Crippen LogP) is 5.75. The Morgan fingerprint density at radius 3 is 2.63 bits per heavy atom. The summed E-state index contributed by atoms with van der Waals surface area (Å²) in [5, 5.41) is 16.5. The summed E-state index contributed by atoms with van der Waals surface area (Å²) in [5.74, 6) is 0.389. The van der Waals surface area contributed by atoms with Crippen molar-refractivity contribution in [2.45, 2.75) is 33.6 Å². The maximum Gasteiger partial charge on any atom is 0.126 e. The van der Waals surface area contributed by atoms with E-state index >= 15 is 0 Å². The molecule has 3 rings (SSSR count). The summed E-state index contributed by atoms with van der Waals surface area (Å²) < 4.78 is 0. The molecule has 0 saturated carbocycles. The van der Waals surface area contributed by atoms with Crippen LogP contribution in [-0.4, -0.2) is 26.5 Å². The number of hydrogen-bond donors (Lipinski definition) is 1. The number of nitrogens with one attached hydrogen (secondary N) is 1. The van der Waals surface area contributed by atoms with E-state index < -0.39 is 0 Å². The summed E-state index contributed by atoms with van der Waals surface area (Å²) in [6.07, 6.45) is 8.30. The summed E-state index contributed by atoms with van der Waals surface area (Å²) in [5.41, 5.74) is 5.64. The van der Waals surface area contributed by atoms with Crippen molar-refractivity contribution in [2.24, 2.45) is 5.10 Å². The Bertz CT molecular complexity index is 1110. The van der Waals surface area contributed by atoms with E-state index in [1.54, 1.807) is 29.7 Å². The number of hydrogen-bond acceptors (Lipinski definition) is 4. The average Bonchev–Trinajstić information content (AvgIpc) is 2.79. The second-order valence-electron chi connectivity index (χ2n) is 7.07. The van der Waals surface area contributed by atoms with Crippen LogP contribution in [0.15, 0.2) is 90.1 Å². The quantitative estimate of drug-likeness (QED) is 0.314. The minimum atomic E-state index is 0.389. The van der Waals surface area contributed by atoms with E-state index in [1.807, 2.05) is 49.4 Å². The Hall–Kier alpha value is -3.60. The zero-order valence-electron chi connectivity index (χ0n) is 17.8. The topological polar surface area (TPSA) is 65.2 Å². The van der Waals surface area contributed by atoms with Gasteiger partial charge in [-0.2, -0.15) is 5.10 Å². The van der Waals surface area contributed by atoms with Gasteiger partial charge >= 0.3 is 0 Å². The molecule has 3 aromatic rings. The van der Waals surface area contributed by atoms with Crippen molar-refractivity contribution in [1.82, 2.24) is 15.0 Å². The Morgan fingerprint density at radius 1 is 1.13 bits per heavy atom. The lowest BCUT2D eigenvalue weighted by Crippen LogP contribution is -2.27. The molecule has 2 heterocycles. The highest BCUT2D eigenvalue weighted by molar-refractivity contribution is 6.08. The molecule has 152 valence electrons. The highest BCUT2D eigenvalue weighted by Gasteiger charge is 2.16. The van der Waals surface area contributed by atoms with Gasteiger partial charge in [-0.25, -0.2) is 5.01 Å². The van der Waals surface area contributed by atoms with Crippen molar-refractivity contribution >= 4 is 22.5 Å². The molecule has 5 heteroatoms. The van der Waals surface area contributed by atoms with Crippen molar-refractivity contribution in [3.63, 3.8) is 0 Å². The van der Waals surface area contributed by atoms with Gasteiger partial charge in [0.15, 0.2) is 0 Å². The molecule has 30 heavy (non-hydrogen) atoms. The average molecular weight is 398 g/mol. The van der Waals surface area contributed by atoms with Gasteiger partial charge in [0.25, 0.3) is 0 Å². The maximum absolute atomic E-state index is 8.90. The van der Waals surface area contributed by atoms with Crippen molar-refractivity contribution in [3.8, 4) is 0 Å². The van der Waals surface area contributed by atoms with E-state index in [1.165, 1.54) is 5.57 Å². The van der Waals surface area contributed by atoms with Crippen LogP contribution in [0.3, 0.4) is 0 Å². The number of benzene rings is 1. The Labute approximate surface area is 178 Å². The van der Waals surface area contributed by atoms with E-state index in [2.05, 4.69) is 30.4 Å². The minimum Gasteiger partial charge on any atom is -0.286 e. The van der Waals surface area contributed by atoms with Gasteiger partial charge in [-0.1, -0.05) is 37.3 Å². The van der Waals surface area contributed by atoms with Crippen LogP contribution in [0.2, 0.25) is 0 Å². The second kappa shape index (κ2) is 9.74. The lowest BCUT2D eigenvalue weighted by Gasteiger charge is -2.24. The molecule has 2 aromatic heterocycles. The van der Waals surface area contributed by atoms with Crippen LogP contribution in [0, 0.1) is 5.41 Å². The fraction of sp³-hybridized carbons (Fsp3) is 0.200. The number of fused-ring (bicyclic) bond motifs is 1. The van der Waals surface area contributed by atoms with Gasteiger partial charge in [0, 0.05) is 41.7 Å². The molecule has 5 nitrogen and oxygen atoms in total. The van der Waals surface area contributed by atoms with Gasteiger partial charge in [-0.05, 0) is 56.2 Å². The maximum atomic E-state index is 8.90. The van der Waals surface area contributed by atoms with Crippen molar-refractivity contribution in [2.75, 3.05) is 0 Å². The van der Waals surface area contributed by atoms with Gasteiger partial charge in [-0.3, -0.25) is 15.4 Å². The van der Waals surface area contributed by atoms with Gasteiger partial charge < -0.3 is 0 Å². The number of rotatable bonds is 7. The zero-order chi connectivity index (χ0) is 21.5. The third kappa shape index (κ3) is 4.69. The first-order chi connectivity index (χ1) is 14.5. The molecule has 0 aliphatic carbocycles. The Balaban J connectivity index is 2.03. The van der Waals surface area contributed by atoms with Crippen molar-refractivity contribution < 1.29 is 0 Å². The molecule has 0 spiro atoms. The number of allylic oxidation sites excluding steroid dienone is 3. The van der Waals surface area contributed by atoms with Crippen molar-refractivity contribution in [3.05, 3.63) is 96.1 Å². The molecule has 0 amide bonds. The highest BCUT2D eigenvalue weighted by Crippen LogP contribution is 2.21. The van der Waals surface area contributed by atoms with Gasteiger partial charge in [0.2, 0.25) is 0 Å². The Morgan fingerprint density at radius 2 is 1.93 bits per heavy atom. The zero-order valence-corrected chi connectivity index (χ0v) is 17.8. The fourth-order valence-electron chi connectivity index (χ4n) is 3.19. The van der Waals surface area contributed by atoms with Crippen LogP contribution in [-0.2, 0) is 6.42 Å². The summed E-state index contributed by atoms with van der Waals surface area (Å²) in [6.45, 7) is 10.1. The standard InChI is InChI=1S/C25H27N5/c1-5-18(3)19(4)30(29-23(6-2)21-11-8-14-27-17-21)25(26)16-20-10-7-13-24-22(20)12-9-15-28-24/h6-15,17,26H,2,5,16H2,1,3-4H3/b19-18+,26-25?,29-23+. The van der Waals surface area contributed by atoms with Crippen LogP contribution < -0.4 is 0 Å². The number of amidine groups is 1. The molecule has 0 aliphatic rings. The third-order valence-electron chi connectivity index (χ3n) is 5.17. The molecule has 1 N–H and O–H groups in total. The lowest BCUT2D eigenvalue weighted by molar-refractivity contribution is 0.528. The number of nitrogens with zero attached hydrogens (tertiary/aromatic N) is 4. The number of aromatic nitrogens is 2. The second-order valence-corrected chi connectivity index (χ2v) is 7.07. The smallest absolute Gasteiger partial charge is 0.126 e.